The van der Waals surface area contributed by atoms with Gasteiger partial charge in [-0.3, -0.25) is 0 Å². The van der Waals surface area contributed by atoms with Gasteiger partial charge >= 0.3 is 6.09 Å². The fourth-order valence-corrected chi connectivity index (χ4v) is 2.99. The van der Waals surface area contributed by atoms with Crippen molar-refractivity contribution in [3.63, 3.8) is 0 Å². The molecule has 1 fully saturated rings. The number of ether oxygens (including phenoxy) is 1. The van der Waals surface area contributed by atoms with E-state index in [1.165, 1.54) is 12.8 Å². The minimum Gasteiger partial charge on any atom is -0.444 e. The summed E-state index contributed by atoms with van der Waals surface area (Å²) in [7, 11) is 0. The predicted molar refractivity (Wildman–Crippen MR) is 117 cm³/mol. The van der Waals surface area contributed by atoms with Gasteiger partial charge in [0.15, 0.2) is 5.96 Å². The molecule has 0 aliphatic carbocycles. The molecule has 2 rings (SSSR count). The molecule has 0 bridgehead atoms. The molecule has 1 aliphatic heterocycles. The minimum atomic E-state index is -0.477. The first-order chi connectivity index (χ1) is 13.9. The lowest BCUT2D eigenvalue weighted by Crippen LogP contribution is -2.39. The second kappa shape index (κ2) is 11.5. The predicted octanol–water partition coefficient (Wildman–Crippen LogP) is 2.65. The molecule has 3 N–H and O–H groups in total. The zero-order valence-corrected chi connectivity index (χ0v) is 18.3. The van der Waals surface area contributed by atoms with Crippen molar-refractivity contribution in [2.75, 3.05) is 37.6 Å². The quantitative estimate of drug-likeness (QED) is 0.351. The van der Waals surface area contributed by atoms with Crippen LogP contribution in [0.4, 0.5) is 10.6 Å². The third-order valence-corrected chi connectivity index (χ3v) is 4.32. The third kappa shape index (κ3) is 9.02. The van der Waals surface area contributed by atoms with Gasteiger partial charge in [0.1, 0.15) is 11.4 Å². The first kappa shape index (κ1) is 22.8. The molecule has 1 amide bonds. The highest BCUT2D eigenvalue weighted by atomic mass is 16.6. The van der Waals surface area contributed by atoms with Gasteiger partial charge < -0.3 is 25.6 Å². The van der Waals surface area contributed by atoms with E-state index in [9.17, 15) is 4.79 Å². The highest BCUT2D eigenvalue weighted by molar-refractivity contribution is 5.79. The summed E-state index contributed by atoms with van der Waals surface area (Å²) in [4.78, 5) is 23.1. The van der Waals surface area contributed by atoms with Crippen molar-refractivity contribution in [3.05, 3.63) is 23.9 Å². The molecule has 8 heteroatoms. The summed E-state index contributed by atoms with van der Waals surface area (Å²) in [6.45, 7) is 12.4. The highest BCUT2D eigenvalue weighted by Crippen LogP contribution is 2.18. The summed E-state index contributed by atoms with van der Waals surface area (Å²) in [5.41, 5.74) is 0.667. The first-order valence-electron chi connectivity index (χ1n) is 10.6. The van der Waals surface area contributed by atoms with Gasteiger partial charge in [-0.05, 0) is 64.7 Å². The Hall–Kier alpha value is -2.51. The summed E-state index contributed by atoms with van der Waals surface area (Å²) in [5.74, 6) is 1.81. The molecule has 162 valence electrons. The van der Waals surface area contributed by atoms with Crippen LogP contribution >= 0.6 is 0 Å². The van der Waals surface area contributed by atoms with E-state index in [0.29, 0.717) is 19.6 Å². The molecule has 0 saturated carbocycles. The lowest BCUT2D eigenvalue weighted by atomic mass is 10.2. The molecule has 8 nitrogen and oxygen atoms in total. The number of aliphatic imine (C=N–C) groups is 1. The Bertz CT molecular complexity index is 665. The molecule has 1 aromatic rings. The zero-order chi connectivity index (χ0) is 21.1. The van der Waals surface area contributed by atoms with E-state index in [2.05, 4.69) is 36.9 Å². The molecular formula is C21H36N6O2. The second-order valence-electron chi connectivity index (χ2n) is 8.12. The van der Waals surface area contributed by atoms with Crippen LogP contribution in [0.15, 0.2) is 23.3 Å². The number of amides is 1. The van der Waals surface area contributed by atoms with E-state index < -0.39 is 5.60 Å². The fraction of sp³-hybridized carbons (Fsp3) is 0.667. The maximum Gasteiger partial charge on any atom is 0.407 e. The first-order valence-corrected chi connectivity index (χ1v) is 10.6. The van der Waals surface area contributed by atoms with Gasteiger partial charge in [-0.15, -0.1) is 0 Å². The van der Waals surface area contributed by atoms with Crippen LogP contribution in [0.1, 0.15) is 52.5 Å². The van der Waals surface area contributed by atoms with Gasteiger partial charge in [0.25, 0.3) is 0 Å². The number of hydrogen-bond acceptors (Lipinski definition) is 5. The summed E-state index contributed by atoms with van der Waals surface area (Å²) in [6.07, 6.45) is 4.73. The Labute approximate surface area is 174 Å². The number of carbonyl (C=O) groups excluding carboxylic acids is 1. The van der Waals surface area contributed by atoms with Crippen molar-refractivity contribution >= 4 is 17.9 Å². The Morgan fingerprint density at radius 2 is 1.93 bits per heavy atom. The smallest absolute Gasteiger partial charge is 0.407 e. The minimum absolute atomic E-state index is 0.385. The number of aromatic nitrogens is 1. The van der Waals surface area contributed by atoms with Gasteiger partial charge in [0, 0.05) is 38.9 Å². The molecule has 0 radical (unpaired) electrons. The molecule has 0 unspecified atom stereocenters. The molecule has 29 heavy (non-hydrogen) atoms. The molecule has 2 heterocycles. The van der Waals surface area contributed by atoms with Crippen LogP contribution in [0.2, 0.25) is 0 Å². The standard InChI is InChI=1S/C21H36N6O2/c1-5-22-19(24-10-8-11-25-20(28)29-21(2,3)4)26-16-17-9-12-23-18(15-17)27-13-6-7-14-27/h9,12,15H,5-8,10-11,13-14,16H2,1-4H3,(H,25,28)(H2,22,24,26). The third-order valence-electron chi connectivity index (χ3n) is 4.32. The van der Waals surface area contributed by atoms with Gasteiger partial charge in [-0.2, -0.15) is 0 Å². The van der Waals surface area contributed by atoms with Crippen LogP contribution in [0.5, 0.6) is 0 Å². The number of pyridine rings is 1. The molecule has 0 aromatic carbocycles. The highest BCUT2D eigenvalue weighted by Gasteiger charge is 2.15. The van der Waals surface area contributed by atoms with Crippen molar-refractivity contribution in [2.45, 2.75) is 59.1 Å². The average Bonchev–Trinajstić information content (AvgIpc) is 3.19. The summed E-state index contributed by atoms with van der Waals surface area (Å²) in [5, 5.41) is 9.32. The van der Waals surface area contributed by atoms with Crippen molar-refractivity contribution in [2.24, 2.45) is 4.99 Å². The molecule has 1 saturated heterocycles. The number of nitrogens with one attached hydrogen (secondary N) is 3. The van der Waals surface area contributed by atoms with E-state index >= 15 is 0 Å². The SMILES string of the molecule is CCNC(=NCc1ccnc(N2CCCC2)c1)NCCCNC(=O)OC(C)(C)C. The zero-order valence-electron chi connectivity index (χ0n) is 18.3. The number of nitrogens with zero attached hydrogens (tertiary/aromatic N) is 3. The molecule has 1 aliphatic rings. The van der Waals surface area contributed by atoms with Crippen molar-refractivity contribution in [3.8, 4) is 0 Å². The largest absolute Gasteiger partial charge is 0.444 e. The summed E-state index contributed by atoms with van der Waals surface area (Å²) in [6, 6.07) is 4.14. The average molecular weight is 405 g/mol. The van der Waals surface area contributed by atoms with Crippen molar-refractivity contribution in [1.29, 1.82) is 0 Å². The topological polar surface area (TPSA) is 90.9 Å². The van der Waals surface area contributed by atoms with E-state index in [1.807, 2.05) is 40.0 Å². The summed E-state index contributed by atoms with van der Waals surface area (Å²) < 4.78 is 5.22. The maximum atomic E-state index is 11.6. The molecule has 0 atom stereocenters. The van der Waals surface area contributed by atoms with Gasteiger partial charge in [-0.25, -0.2) is 14.8 Å². The molecule has 1 aromatic heterocycles. The van der Waals surface area contributed by atoms with Gasteiger partial charge in [0.05, 0.1) is 6.54 Å². The number of hydrogen-bond donors (Lipinski definition) is 3. The van der Waals surface area contributed by atoms with Crippen LogP contribution in [0.3, 0.4) is 0 Å². The number of guanidine groups is 1. The van der Waals surface area contributed by atoms with Gasteiger partial charge in [-0.1, -0.05) is 0 Å². The number of anilines is 1. The Morgan fingerprint density at radius 3 is 2.62 bits per heavy atom. The van der Waals surface area contributed by atoms with Crippen LogP contribution < -0.4 is 20.9 Å². The van der Waals surface area contributed by atoms with E-state index in [1.54, 1.807) is 0 Å². The second-order valence-corrected chi connectivity index (χ2v) is 8.12. The number of rotatable bonds is 8. The van der Waals surface area contributed by atoms with Crippen LogP contribution in [0, 0.1) is 0 Å². The van der Waals surface area contributed by atoms with Crippen molar-refractivity contribution in [1.82, 2.24) is 20.9 Å². The summed E-state index contributed by atoms with van der Waals surface area (Å²) >= 11 is 0. The molecular weight excluding hydrogens is 368 g/mol. The molecule has 0 spiro atoms. The maximum absolute atomic E-state index is 11.6. The fourth-order valence-electron chi connectivity index (χ4n) is 2.99. The lowest BCUT2D eigenvalue weighted by molar-refractivity contribution is 0.0527. The monoisotopic (exact) mass is 404 g/mol. The van der Waals surface area contributed by atoms with E-state index in [0.717, 1.165) is 43.4 Å². The van der Waals surface area contributed by atoms with Crippen LogP contribution in [0.25, 0.3) is 0 Å². The number of alkyl carbamates (subject to hydrolysis) is 1. The Balaban J connectivity index is 1.76. The van der Waals surface area contributed by atoms with Crippen LogP contribution in [-0.2, 0) is 11.3 Å². The lowest BCUT2D eigenvalue weighted by Gasteiger charge is -2.19. The van der Waals surface area contributed by atoms with E-state index in [4.69, 9.17) is 4.74 Å². The van der Waals surface area contributed by atoms with Crippen LogP contribution in [-0.4, -0.2) is 55.4 Å². The normalized spacial score (nSPS) is 14.6. The Kier molecular flexibility index (Phi) is 9.02. The number of carbonyl (C=O) groups is 1. The Morgan fingerprint density at radius 1 is 1.21 bits per heavy atom. The van der Waals surface area contributed by atoms with Crippen molar-refractivity contribution < 1.29 is 9.53 Å². The van der Waals surface area contributed by atoms with Gasteiger partial charge in [0.2, 0.25) is 0 Å². The van der Waals surface area contributed by atoms with E-state index in [-0.39, 0.29) is 6.09 Å².